The Bertz CT molecular complexity index is 1120. The van der Waals surface area contributed by atoms with E-state index >= 15 is 0 Å². The summed E-state index contributed by atoms with van der Waals surface area (Å²) in [6, 6.07) is 10.9. The Morgan fingerprint density at radius 2 is 2.04 bits per heavy atom. The number of aliphatic carboxylic acids is 1. The monoisotopic (exact) mass is 361 g/mol. The molecule has 3 aromatic rings. The van der Waals surface area contributed by atoms with E-state index in [0.717, 1.165) is 10.9 Å². The molecule has 3 N–H and O–H groups in total. The highest BCUT2D eigenvalue weighted by molar-refractivity contribution is 6.26. The summed E-state index contributed by atoms with van der Waals surface area (Å²) >= 11 is 0. The van der Waals surface area contributed by atoms with Gasteiger partial charge in [0, 0.05) is 29.0 Å². The number of carbonyl (C=O) groups is 2. The summed E-state index contributed by atoms with van der Waals surface area (Å²) in [7, 11) is 0. The molecule has 1 aliphatic heterocycles. The average molecular weight is 361 g/mol. The number of ether oxygens (including phenoxy) is 1. The maximum Gasteiger partial charge on any atom is 0.345 e. The summed E-state index contributed by atoms with van der Waals surface area (Å²) in [4.78, 5) is 31.3. The van der Waals surface area contributed by atoms with Gasteiger partial charge in [-0.3, -0.25) is 4.79 Å². The van der Waals surface area contributed by atoms with Crippen LogP contribution < -0.4 is 5.32 Å². The van der Waals surface area contributed by atoms with E-state index in [4.69, 9.17) is 4.74 Å². The van der Waals surface area contributed by atoms with Gasteiger partial charge >= 0.3 is 5.97 Å². The van der Waals surface area contributed by atoms with Gasteiger partial charge in [-0.05, 0) is 37.3 Å². The predicted octanol–water partition coefficient (Wildman–Crippen LogP) is 3.22. The molecule has 1 aliphatic rings. The Morgan fingerprint density at radius 3 is 2.78 bits per heavy atom. The number of aryl methyl sites for hydroxylation is 1. The van der Waals surface area contributed by atoms with Crippen LogP contribution in [0.4, 0.5) is 5.69 Å². The van der Waals surface area contributed by atoms with E-state index in [1.54, 1.807) is 30.6 Å². The number of pyridine rings is 1. The van der Waals surface area contributed by atoms with E-state index in [-0.39, 0.29) is 11.6 Å². The lowest BCUT2D eigenvalue weighted by Crippen LogP contribution is -2.12. The number of carbonyl (C=O) groups excluding carboxylic acids is 1. The summed E-state index contributed by atoms with van der Waals surface area (Å²) in [5, 5.41) is 13.1. The highest BCUT2D eigenvalue weighted by Gasteiger charge is 2.36. The molecule has 0 aliphatic carbocycles. The standard InChI is InChI=1S/C20H15N3O4/c1-11-4-6-13(7-5-11)23-19-16(20(25)26)17(24)15(27-19)9-12-10-22-18-14(12)3-2-8-21-18/h2-10,23H,1H3,(H,21,22)(H,25,26)/b15-9-. The Balaban J connectivity index is 1.69. The van der Waals surface area contributed by atoms with Crippen LogP contribution >= 0.6 is 0 Å². The molecule has 134 valence electrons. The number of carboxylic acid groups (broad SMARTS) is 1. The molecular formula is C20H15N3O4. The molecule has 0 bridgehead atoms. The minimum Gasteiger partial charge on any atom is -0.477 e. The van der Waals surface area contributed by atoms with E-state index in [1.165, 1.54) is 6.08 Å². The van der Waals surface area contributed by atoms with Gasteiger partial charge in [-0.1, -0.05) is 17.7 Å². The van der Waals surface area contributed by atoms with Crippen molar-refractivity contribution < 1.29 is 19.4 Å². The van der Waals surface area contributed by atoms with Crippen molar-refractivity contribution in [1.29, 1.82) is 0 Å². The number of Topliss-reactive ketones (excluding diaryl/α,β-unsaturated/α-hetero) is 1. The lowest BCUT2D eigenvalue weighted by Gasteiger charge is -2.08. The Morgan fingerprint density at radius 1 is 1.26 bits per heavy atom. The van der Waals surface area contributed by atoms with Crippen molar-refractivity contribution in [1.82, 2.24) is 9.97 Å². The van der Waals surface area contributed by atoms with E-state index in [0.29, 0.717) is 16.9 Å². The lowest BCUT2D eigenvalue weighted by atomic mass is 10.1. The molecule has 0 radical (unpaired) electrons. The Kier molecular flexibility index (Phi) is 3.97. The van der Waals surface area contributed by atoms with Crippen LogP contribution in [0.3, 0.4) is 0 Å². The third-order valence-electron chi connectivity index (χ3n) is 4.18. The van der Waals surface area contributed by atoms with Gasteiger partial charge in [0.25, 0.3) is 0 Å². The fraction of sp³-hybridized carbons (Fsp3) is 0.0500. The summed E-state index contributed by atoms with van der Waals surface area (Å²) in [5.41, 5.74) is 2.60. The first-order chi connectivity index (χ1) is 13.0. The van der Waals surface area contributed by atoms with Crippen molar-refractivity contribution in [2.75, 3.05) is 5.32 Å². The summed E-state index contributed by atoms with van der Waals surface area (Å²) < 4.78 is 5.57. The second-order valence-electron chi connectivity index (χ2n) is 6.08. The zero-order valence-corrected chi connectivity index (χ0v) is 14.3. The van der Waals surface area contributed by atoms with E-state index in [1.807, 2.05) is 25.1 Å². The molecule has 7 heteroatoms. The van der Waals surface area contributed by atoms with Gasteiger partial charge < -0.3 is 20.1 Å². The molecule has 7 nitrogen and oxygen atoms in total. The van der Waals surface area contributed by atoms with Gasteiger partial charge in [0.1, 0.15) is 5.65 Å². The number of hydrogen-bond acceptors (Lipinski definition) is 5. The van der Waals surface area contributed by atoms with E-state index in [9.17, 15) is 14.7 Å². The van der Waals surface area contributed by atoms with Gasteiger partial charge in [0.2, 0.25) is 11.7 Å². The van der Waals surface area contributed by atoms with Gasteiger partial charge in [-0.15, -0.1) is 0 Å². The first-order valence-corrected chi connectivity index (χ1v) is 8.20. The number of ketones is 1. The van der Waals surface area contributed by atoms with Crippen LogP contribution in [-0.2, 0) is 14.3 Å². The zero-order valence-electron chi connectivity index (χ0n) is 14.3. The molecule has 0 saturated carbocycles. The van der Waals surface area contributed by atoms with Crippen LogP contribution in [-0.4, -0.2) is 26.8 Å². The van der Waals surface area contributed by atoms with Gasteiger partial charge in [0.15, 0.2) is 11.3 Å². The average Bonchev–Trinajstić information content (AvgIpc) is 3.19. The highest BCUT2D eigenvalue weighted by atomic mass is 16.5. The molecule has 0 amide bonds. The summed E-state index contributed by atoms with van der Waals surface area (Å²) in [5.74, 6) is -2.19. The second-order valence-corrected chi connectivity index (χ2v) is 6.08. The molecule has 0 spiro atoms. The number of allylic oxidation sites excluding steroid dienone is 1. The first kappa shape index (κ1) is 16.6. The van der Waals surface area contributed by atoms with Crippen LogP contribution in [0.5, 0.6) is 0 Å². The number of aromatic nitrogens is 2. The molecule has 4 rings (SSSR count). The number of nitrogens with zero attached hydrogens (tertiary/aromatic N) is 1. The van der Waals surface area contributed by atoms with Crippen LogP contribution in [0.2, 0.25) is 0 Å². The quantitative estimate of drug-likeness (QED) is 0.487. The summed E-state index contributed by atoms with van der Waals surface area (Å²) in [6.45, 7) is 1.94. The molecule has 0 fully saturated rings. The molecule has 27 heavy (non-hydrogen) atoms. The number of fused-ring (bicyclic) bond motifs is 1. The molecular weight excluding hydrogens is 346 g/mol. The van der Waals surface area contributed by atoms with Gasteiger partial charge in [-0.2, -0.15) is 0 Å². The topological polar surface area (TPSA) is 104 Å². The second kappa shape index (κ2) is 6.45. The number of anilines is 1. The highest BCUT2D eigenvalue weighted by Crippen LogP contribution is 2.29. The lowest BCUT2D eigenvalue weighted by molar-refractivity contribution is -0.134. The number of H-pyrrole nitrogens is 1. The smallest absolute Gasteiger partial charge is 0.345 e. The zero-order chi connectivity index (χ0) is 19.0. The van der Waals surface area contributed by atoms with E-state index < -0.39 is 17.3 Å². The van der Waals surface area contributed by atoms with Crippen LogP contribution in [0.25, 0.3) is 17.1 Å². The van der Waals surface area contributed by atoms with E-state index in [2.05, 4.69) is 15.3 Å². The fourth-order valence-corrected chi connectivity index (χ4v) is 2.82. The number of carboxylic acids is 1. The van der Waals surface area contributed by atoms with Crippen molar-refractivity contribution in [2.45, 2.75) is 6.92 Å². The minimum absolute atomic E-state index is 0.0632. The van der Waals surface area contributed by atoms with Crippen molar-refractivity contribution in [3.63, 3.8) is 0 Å². The van der Waals surface area contributed by atoms with Crippen molar-refractivity contribution in [2.24, 2.45) is 0 Å². The normalized spacial score (nSPS) is 15.4. The molecule has 3 heterocycles. The SMILES string of the molecule is Cc1ccc(NC2=C(C(=O)O)C(=O)/C(=C/c3c[nH]c4ncccc34)O2)cc1. The molecule has 0 atom stereocenters. The van der Waals surface area contributed by atoms with Crippen molar-refractivity contribution in [3.8, 4) is 0 Å². The van der Waals surface area contributed by atoms with Gasteiger partial charge in [-0.25, -0.2) is 9.78 Å². The van der Waals surface area contributed by atoms with Crippen molar-refractivity contribution >= 4 is 34.5 Å². The summed E-state index contributed by atoms with van der Waals surface area (Å²) in [6.07, 6.45) is 4.85. The van der Waals surface area contributed by atoms with Crippen molar-refractivity contribution in [3.05, 3.63) is 77.1 Å². The maximum atomic E-state index is 12.6. The Hall–Kier alpha value is -3.87. The number of benzene rings is 1. The third-order valence-corrected chi connectivity index (χ3v) is 4.18. The molecule has 2 aromatic heterocycles. The fourth-order valence-electron chi connectivity index (χ4n) is 2.82. The van der Waals surface area contributed by atoms with Crippen LogP contribution in [0, 0.1) is 6.92 Å². The maximum absolute atomic E-state index is 12.6. The minimum atomic E-state index is -1.35. The number of rotatable bonds is 4. The van der Waals surface area contributed by atoms with Crippen LogP contribution in [0.1, 0.15) is 11.1 Å². The predicted molar refractivity (Wildman–Crippen MR) is 99.6 cm³/mol. The number of nitrogens with one attached hydrogen (secondary N) is 2. The first-order valence-electron chi connectivity index (χ1n) is 8.20. The largest absolute Gasteiger partial charge is 0.477 e. The molecule has 1 aromatic carbocycles. The Labute approximate surface area is 154 Å². The third kappa shape index (κ3) is 3.06. The van der Waals surface area contributed by atoms with Crippen LogP contribution in [0.15, 0.2) is 66.0 Å². The molecule has 0 saturated heterocycles. The molecule has 0 unspecified atom stereocenters. The number of hydrogen-bond donors (Lipinski definition) is 3. The number of aromatic amines is 1. The van der Waals surface area contributed by atoms with Gasteiger partial charge in [0.05, 0.1) is 0 Å².